The van der Waals surface area contributed by atoms with Crippen LogP contribution in [0.2, 0.25) is 0 Å². The van der Waals surface area contributed by atoms with Gasteiger partial charge in [0, 0.05) is 24.1 Å². The molecule has 0 aliphatic heterocycles. The molecule has 0 saturated heterocycles. The van der Waals surface area contributed by atoms with Crippen molar-refractivity contribution in [2.45, 2.75) is 13.3 Å². The monoisotopic (exact) mass is 389 g/mol. The number of carbonyl (C=O) groups excluding carboxylic acids is 1. The van der Waals surface area contributed by atoms with Crippen LogP contribution in [0.25, 0.3) is 0 Å². The van der Waals surface area contributed by atoms with Crippen LogP contribution < -0.4 is 19.5 Å². The highest BCUT2D eigenvalue weighted by Gasteiger charge is 2.18. The van der Waals surface area contributed by atoms with Gasteiger partial charge in [-0.1, -0.05) is 11.3 Å². The minimum Gasteiger partial charge on any atom is -0.496 e. The molecule has 0 saturated carbocycles. The Labute approximate surface area is 160 Å². The van der Waals surface area contributed by atoms with E-state index in [0.717, 1.165) is 10.6 Å². The smallest absolute Gasteiger partial charge is 0.293 e. The molecule has 0 fully saturated rings. The van der Waals surface area contributed by atoms with Gasteiger partial charge in [-0.05, 0) is 19.1 Å². The van der Waals surface area contributed by atoms with Crippen LogP contribution in [-0.4, -0.2) is 37.4 Å². The number of nitrogens with one attached hydrogen (secondary N) is 1. The maximum absolute atomic E-state index is 12.3. The van der Waals surface area contributed by atoms with Crippen molar-refractivity contribution in [1.82, 2.24) is 10.2 Å². The first kappa shape index (κ1) is 18.7. The second kappa shape index (κ2) is 8.09. The van der Waals surface area contributed by atoms with E-state index in [4.69, 9.17) is 18.6 Å². The van der Waals surface area contributed by atoms with E-state index in [1.807, 2.05) is 6.92 Å². The van der Waals surface area contributed by atoms with E-state index in [-0.39, 0.29) is 11.7 Å². The van der Waals surface area contributed by atoms with E-state index in [2.05, 4.69) is 15.5 Å². The number of ether oxygens (including phenoxy) is 3. The maximum atomic E-state index is 12.3. The van der Waals surface area contributed by atoms with Gasteiger partial charge in [-0.2, -0.15) is 0 Å². The van der Waals surface area contributed by atoms with E-state index in [0.29, 0.717) is 34.6 Å². The molecule has 27 heavy (non-hydrogen) atoms. The highest BCUT2D eigenvalue weighted by molar-refractivity contribution is 7.15. The van der Waals surface area contributed by atoms with Crippen LogP contribution in [0, 0.1) is 6.92 Å². The van der Waals surface area contributed by atoms with Crippen LogP contribution in [0.3, 0.4) is 0 Å². The van der Waals surface area contributed by atoms with Crippen LogP contribution in [-0.2, 0) is 6.42 Å². The fourth-order valence-electron chi connectivity index (χ4n) is 2.53. The third-order valence-corrected chi connectivity index (χ3v) is 4.55. The fraction of sp³-hybridized carbons (Fsp3) is 0.278. The molecule has 142 valence electrons. The average Bonchev–Trinajstić information content (AvgIpc) is 3.30. The largest absolute Gasteiger partial charge is 0.496 e. The average molecular weight is 389 g/mol. The zero-order valence-electron chi connectivity index (χ0n) is 15.4. The molecule has 2 aromatic heterocycles. The molecule has 0 atom stereocenters. The number of aromatic nitrogens is 2. The number of rotatable bonds is 7. The Bertz CT molecular complexity index is 925. The highest BCUT2D eigenvalue weighted by atomic mass is 32.1. The minimum atomic E-state index is -0.383. The van der Waals surface area contributed by atoms with Crippen LogP contribution in [0.15, 0.2) is 28.7 Å². The lowest BCUT2D eigenvalue weighted by Crippen LogP contribution is -2.10. The summed E-state index contributed by atoms with van der Waals surface area (Å²) in [6, 6.07) is 6.89. The Morgan fingerprint density at radius 3 is 2.37 bits per heavy atom. The second-order valence-electron chi connectivity index (χ2n) is 5.53. The topological polar surface area (TPSA) is 95.7 Å². The quantitative estimate of drug-likeness (QED) is 0.662. The van der Waals surface area contributed by atoms with Crippen molar-refractivity contribution in [3.05, 3.63) is 46.4 Å². The maximum Gasteiger partial charge on any atom is 0.293 e. The number of amides is 1. The second-order valence-corrected chi connectivity index (χ2v) is 6.72. The van der Waals surface area contributed by atoms with Crippen molar-refractivity contribution in [2.75, 3.05) is 26.6 Å². The third-order valence-electron chi connectivity index (χ3n) is 3.80. The Balaban J connectivity index is 1.80. The first-order chi connectivity index (χ1) is 13.0. The van der Waals surface area contributed by atoms with Crippen molar-refractivity contribution in [3.63, 3.8) is 0 Å². The van der Waals surface area contributed by atoms with Gasteiger partial charge in [-0.15, -0.1) is 10.2 Å². The van der Waals surface area contributed by atoms with Gasteiger partial charge in [-0.25, -0.2) is 0 Å². The fourth-order valence-corrected chi connectivity index (χ4v) is 3.11. The van der Waals surface area contributed by atoms with Gasteiger partial charge in [-0.3, -0.25) is 10.1 Å². The summed E-state index contributed by atoms with van der Waals surface area (Å²) in [7, 11) is 4.72. The highest BCUT2D eigenvalue weighted by Crippen LogP contribution is 2.35. The summed E-state index contributed by atoms with van der Waals surface area (Å²) in [4.78, 5) is 12.3. The first-order valence-electron chi connectivity index (χ1n) is 8.03. The van der Waals surface area contributed by atoms with Crippen molar-refractivity contribution in [2.24, 2.45) is 0 Å². The van der Waals surface area contributed by atoms with Gasteiger partial charge in [0.05, 0.1) is 21.3 Å². The number of carbonyl (C=O) groups is 1. The Morgan fingerprint density at radius 1 is 1.11 bits per heavy atom. The SMILES string of the molecule is COc1cc(OC)c(Cc2ccc(C(=O)Nc3nnc(C)s3)o2)c(OC)c1. The molecule has 8 nitrogen and oxygen atoms in total. The summed E-state index contributed by atoms with van der Waals surface area (Å²) in [5.41, 5.74) is 0.793. The molecule has 0 aliphatic carbocycles. The molecule has 1 aromatic carbocycles. The van der Waals surface area contributed by atoms with Crippen LogP contribution >= 0.6 is 11.3 Å². The summed E-state index contributed by atoms with van der Waals surface area (Å²) in [6.45, 7) is 1.81. The minimum absolute atomic E-state index is 0.185. The van der Waals surface area contributed by atoms with Crippen molar-refractivity contribution in [1.29, 1.82) is 0 Å². The van der Waals surface area contributed by atoms with Crippen molar-refractivity contribution >= 4 is 22.4 Å². The summed E-state index contributed by atoms with van der Waals surface area (Å²) >= 11 is 1.29. The molecule has 1 amide bonds. The molecule has 1 N–H and O–H groups in total. The number of furan rings is 1. The van der Waals surface area contributed by atoms with Gasteiger partial charge in [0.15, 0.2) is 5.76 Å². The number of nitrogens with zero attached hydrogens (tertiary/aromatic N) is 2. The molecule has 3 rings (SSSR count). The van der Waals surface area contributed by atoms with E-state index in [1.165, 1.54) is 11.3 Å². The standard InChI is InChI=1S/C18H19N3O5S/c1-10-20-21-18(27-10)19-17(22)14-6-5-11(26-14)7-13-15(24-3)8-12(23-2)9-16(13)25-4/h5-6,8-9H,7H2,1-4H3,(H,19,21,22). The molecule has 0 radical (unpaired) electrons. The molecule has 0 bridgehead atoms. The molecular weight excluding hydrogens is 370 g/mol. The van der Waals surface area contributed by atoms with E-state index in [1.54, 1.807) is 45.6 Å². The lowest BCUT2D eigenvalue weighted by atomic mass is 10.1. The molecule has 0 unspecified atom stereocenters. The Kier molecular flexibility index (Phi) is 5.60. The normalized spacial score (nSPS) is 10.5. The van der Waals surface area contributed by atoms with E-state index < -0.39 is 0 Å². The third kappa shape index (κ3) is 4.20. The zero-order chi connectivity index (χ0) is 19.4. The van der Waals surface area contributed by atoms with Crippen molar-refractivity contribution in [3.8, 4) is 17.2 Å². The molecule has 9 heteroatoms. The Hall–Kier alpha value is -3.07. The lowest BCUT2D eigenvalue weighted by Gasteiger charge is -2.14. The molecule has 2 heterocycles. The number of methoxy groups -OCH3 is 3. The molecule has 0 aliphatic rings. The van der Waals surface area contributed by atoms with Gasteiger partial charge in [0.25, 0.3) is 5.91 Å². The van der Waals surface area contributed by atoms with E-state index in [9.17, 15) is 4.79 Å². The molecular formula is C18H19N3O5S. The first-order valence-corrected chi connectivity index (χ1v) is 8.84. The van der Waals surface area contributed by atoms with E-state index >= 15 is 0 Å². The summed E-state index contributed by atoms with van der Waals surface area (Å²) < 4.78 is 21.8. The predicted molar refractivity (Wildman–Crippen MR) is 100 cm³/mol. The summed E-state index contributed by atoms with van der Waals surface area (Å²) in [6.07, 6.45) is 0.390. The van der Waals surface area contributed by atoms with Crippen molar-refractivity contribution < 1.29 is 23.4 Å². The summed E-state index contributed by atoms with van der Waals surface area (Å²) in [5, 5.41) is 11.6. The van der Waals surface area contributed by atoms with Gasteiger partial charge in [0.2, 0.25) is 5.13 Å². The van der Waals surface area contributed by atoms with Gasteiger partial charge < -0.3 is 18.6 Å². The Morgan fingerprint density at radius 2 is 1.81 bits per heavy atom. The lowest BCUT2D eigenvalue weighted by molar-refractivity contribution is 0.0995. The molecule has 0 spiro atoms. The predicted octanol–water partition coefficient (Wildman–Crippen LogP) is 3.31. The van der Waals surface area contributed by atoms with Crippen LogP contribution in [0.4, 0.5) is 5.13 Å². The number of hydrogen-bond acceptors (Lipinski definition) is 8. The molecule has 3 aromatic rings. The van der Waals surface area contributed by atoms with Crippen LogP contribution in [0.1, 0.15) is 26.9 Å². The summed E-state index contributed by atoms with van der Waals surface area (Å²) in [5.74, 6) is 2.24. The number of anilines is 1. The van der Waals surface area contributed by atoms with Gasteiger partial charge >= 0.3 is 0 Å². The van der Waals surface area contributed by atoms with Crippen LogP contribution in [0.5, 0.6) is 17.2 Å². The van der Waals surface area contributed by atoms with Gasteiger partial charge in [0.1, 0.15) is 28.0 Å². The number of aryl methyl sites for hydroxylation is 1. The number of hydrogen-bond donors (Lipinski definition) is 1. The number of benzene rings is 1. The zero-order valence-corrected chi connectivity index (χ0v) is 16.2.